The average molecular weight is 1490 g/mol. The van der Waals surface area contributed by atoms with Crippen LogP contribution in [0, 0.1) is 34.0 Å². The Hall–Kier alpha value is -9.97. The number of hydrogen-bond donors (Lipinski definition) is 7. The molecule has 9 heterocycles. The van der Waals surface area contributed by atoms with Crippen LogP contribution in [0.4, 0.5) is 35.3 Å². The molecule has 6 atom stereocenters. The van der Waals surface area contributed by atoms with Crippen molar-refractivity contribution in [1.82, 2.24) is 72.2 Å². The Morgan fingerprint density at radius 3 is 1.41 bits per heavy atom. The van der Waals surface area contributed by atoms with Crippen molar-refractivity contribution >= 4 is 65.4 Å². The fourth-order valence-corrected chi connectivity index (χ4v) is 19.0. The normalized spacial score (nSPS) is 21.9. The van der Waals surface area contributed by atoms with E-state index in [4.69, 9.17) is 19.4 Å². The Morgan fingerprint density at radius 2 is 0.943 bits per heavy atom. The van der Waals surface area contributed by atoms with E-state index in [0.717, 1.165) is 43.2 Å². The molecule has 550 valence electrons. The number of aliphatic hydroxyl groups is 1. The highest BCUT2D eigenvalue weighted by molar-refractivity contribution is 7.89. The van der Waals surface area contributed by atoms with Gasteiger partial charge in [-0.05, 0) is 132 Å². The number of sulfonamides is 3. The average Bonchev–Trinajstić information content (AvgIpc) is 1.44. The fourth-order valence-electron chi connectivity index (χ4n) is 14.6. The first-order chi connectivity index (χ1) is 50.8. The molecule has 0 amide bonds. The maximum atomic E-state index is 14.2. The van der Waals surface area contributed by atoms with Crippen molar-refractivity contribution in [2.24, 2.45) is 14.1 Å². The van der Waals surface area contributed by atoms with Crippen LogP contribution in [-0.2, 0) is 55.6 Å². The summed E-state index contributed by atoms with van der Waals surface area (Å²) in [7, 11) is -7.90. The zero-order valence-electron chi connectivity index (χ0n) is 58.0. The van der Waals surface area contributed by atoms with Gasteiger partial charge in [0, 0.05) is 95.5 Å². The summed E-state index contributed by atoms with van der Waals surface area (Å²) in [6, 6.07) is 19.1. The molecule has 3 aliphatic carbocycles. The third-order valence-electron chi connectivity index (χ3n) is 20.5. The first-order valence-corrected chi connectivity index (χ1v) is 39.7. The molecule has 3 aliphatic heterocycles. The Balaban J connectivity index is 0.532. The van der Waals surface area contributed by atoms with Gasteiger partial charge in [-0.3, -0.25) is 4.68 Å². The topological polar surface area (TPSA) is 425 Å². The summed E-state index contributed by atoms with van der Waals surface area (Å²) in [6.45, 7) is 1.55. The molecular weight excluding hydrogens is 1410 g/mol. The lowest BCUT2D eigenvalue weighted by molar-refractivity contribution is 0.000304. The van der Waals surface area contributed by atoms with Gasteiger partial charge in [0.25, 0.3) is 0 Å². The Labute approximate surface area is 608 Å². The second kappa shape index (κ2) is 31.0. The first-order valence-electron chi connectivity index (χ1n) is 35.4. The molecule has 33 nitrogen and oxygen atoms in total. The van der Waals surface area contributed by atoms with Gasteiger partial charge in [0.05, 0.1) is 76.8 Å². The summed E-state index contributed by atoms with van der Waals surface area (Å²) in [6.07, 6.45) is 20.9. The van der Waals surface area contributed by atoms with Crippen LogP contribution in [0.25, 0.3) is 22.3 Å². The van der Waals surface area contributed by atoms with Crippen LogP contribution in [0.2, 0.25) is 0 Å². The molecule has 36 heteroatoms. The Bertz CT molecular complexity index is 4920. The second-order valence-electron chi connectivity index (χ2n) is 27.5. The van der Waals surface area contributed by atoms with Gasteiger partial charge in [-0.15, -0.1) is 0 Å². The smallest absolute Gasteiger partial charge is 0.246 e. The number of nitrogens with zero attached hydrogens (tertiary/aromatic N) is 18. The minimum Gasteiger partial charge on any atom is -0.472 e. The Kier molecular flexibility index (Phi) is 21.3. The third kappa shape index (κ3) is 16.2. The monoisotopic (exact) mass is 1490 g/mol. The predicted octanol–water partition coefficient (Wildman–Crippen LogP) is 6.21. The quantitative estimate of drug-likeness (QED) is 0.0334. The maximum absolute atomic E-state index is 14.2. The van der Waals surface area contributed by atoms with Crippen LogP contribution < -0.4 is 36.6 Å². The first kappa shape index (κ1) is 72.0. The minimum absolute atomic E-state index is 0.000513. The zero-order valence-corrected chi connectivity index (χ0v) is 60.4. The van der Waals surface area contributed by atoms with E-state index >= 15 is 0 Å². The lowest BCUT2D eigenvalue weighted by Crippen LogP contribution is -2.42. The summed E-state index contributed by atoms with van der Waals surface area (Å²) in [5.74, 6) is 2.49. The maximum Gasteiger partial charge on any atom is 0.246 e. The number of aromatic nitrogens is 12. The summed E-state index contributed by atoms with van der Waals surface area (Å²) >= 11 is 0. The summed E-state index contributed by atoms with van der Waals surface area (Å²) < 4.78 is 106. The van der Waals surface area contributed by atoms with Gasteiger partial charge in [-0.25, -0.2) is 49.6 Å². The van der Waals surface area contributed by atoms with Crippen LogP contribution in [0.3, 0.4) is 0 Å². The number of aryl methyl sites for hydroxylation is 2. The number of ether oxygens (including phenoxy) is 2. The third-order valence-corrected chi connectivity index (χ3v) is 26.2. The van der Waals surface area contributed by atoms with Crippen molar-refractivity contribution < 1.29 is 39.8 Å². The van der Waals surface area contributed by atoms with E-state index in [2.05, 4.69) is 85.3 Å². The molecule has 2 aromatic carbocycles. The number of benzene rings is 2. The highest BCUT2D eigenvalue weighted by Gasteiger charge is 2.37. The standard InChI is InChI=1S/C69H82N24O9S3/c1-88-41-49(38-76-88)44-9-15-55(16-10-44)103(95,96)91-25-19-51(20-26-91)82-69-75-37-48(34-72)65(87-69)84-60-6-4-8-62(60)102-66-58(40-77-89(66)2)45-11-17-56(18-12-45)104(97,98)92-27-21-50(22-28-92)81-68-74-36-47(33-71)64(86-68)83-59-5-3-7-61(59)101-43-90-42-57(39-78-90)105(99,100)93-29-23-52(24-30-93)80-67-73-35-46(32-70)63(85-67)79-53-13-14-54(94)31-53/h9-12,15-18,35-42,50-54,59-62,94H,3-8,13-14,19-31,43H2,1-2H3,(H2,73,79,80,85)(H2,74,81,83,86)(H2,75,82,84,87)/t53-,54-,59-,60+,61+,62+/m0/s1. The lowest BCUT2D eigenvalue weighted by atomic mass is 10.1. The van der Waals surface area contributed by atoms with Gasteiger partial charge in [-0.2, -0.15) is 58.9 Å². The number of aliphatic hydroxyl groups excluding tert-OH is 1. The zero-order chi connectivity index (χ0) is 73.0. The van der Waals surface area contributed by atoms with Crippen molar-refractivity contribution in [3.8, 4) is 46.3 Å². The Morgan fingerprint density at radius 1 is 0.476 bits per heavy atom. The number of rotatable bonds is 25. The number of anilines is 6. The molecule has 7 N–H and O–H groups in total. The largest absolute Gasteiger partial charge is 0.472 e. The van der Waals surface area contributed by atoms with Gasteiger partial charge in [0.1, 0.15) is 70.1 Å². The SMILES string of the molecule is Cn1cc(-c2ccc(S(=O)(=O)N3CCC(Nc4ncc(C#N)c(N[C@@H]5CCC[C@H]5Oc5c(-c6ccc(S(=O)(=O)N7CCC(Nc8ncc(C#N)c(N[C@H]9CCC[C@H]9OCn9cc(S(=O)(=O)N%10CCC(Nc%11ncc(C#N)c(N[C@H]%12CC[C@H](O)C%12)n%11)CC%10)cn9)n8)CC7)cc6)cnn5C)n4)CC3)cc2)cn1. The van der Waals surface area contributed by atoms with Crippen LogP contribution in [0.5, 0.6) is 5.88 Å². The lowest BCUT2D eigenvalue weighted by Gasteiger charge is -2.31. The van der Waals surface area contributed by atoms with Crippen LogP contribution in [0.1, 0.15) is 113 Å². The number of hydrogen-bond acceptors (Lipinski definition) is 27. The van der Waals surface area contributed by atoms with Crippen LogP contribution >= 0.6 is 0 Å². The van der Waals surface area contributed by atoms with E-state index in [1.54, 1.807) is 77.3 Å². The summed E-state index contributed by atoms with van der Waals surface area (Å²) in [5.41, 5.74) is 3.94. The molecule has 105 heavy (non-hydrogen) atoms. The van der Waals surface area contributed by atoms with Crippen LogP contribution in [0.15, 0.2) is 113 Å². The highest BCUT2D eigenvalue weighted by Crippen LogP contribution is 2.37. The van der Waals surface area contributed by atoms with Crippen molar-refractivity contribution in [3.05, 3.63) is 115 Å². The van der Waals surface area contributed by atoms with Crippen molar-refractivity contribution in [1.29, 1.82) is 15.8 Å². The van der Waals surface area contributed by atoms with E-state index in [-0.39, 0.29) is 119 Å². The fraction of sp³-hybridized carbons (Fsp3) is 0.478. The molecule has 3 saturated carbocycles. The van der Waals surface area contributed by atoms with Gasteiger partial charge >= 0.3 is 0 Å². The van der Waals surface area contributed by atoms with Gasteiger partial charge < -0.3 is 46.5 Å². The van der Waals surface area contributed by atoms with Crippen molar-refractivity contribution in [2.75, 3.05) is 71.2 Å². The van der Waals surface area contributed by atoms with Crippen molar-refractivity contribution in [3.63, 3.8) is 0 Å². The highest BCUT2D eigenvalue weighted by atomic mass is 32.2. The molecule has 6 aromatic heterocycles. The molecule has 0 spiro atoms. The van der Waals surface area contributed by atoms with E-state index in [9.17, 15) is 46.1 Å². The molecule has 0 bridgehead atoms. The van der Waals surface area contributed by atoms with Gasteiger partial charge in [0.2, 0.25) is 53.8 Å². The number of piperidine rings is 3. The number of nitriles is 3. The molecular formula is C69H82N24O9S3. The van der Waals surface area contributed by atoms with Gasteiger partial charge in [0.15, 0.2) is 0 Å². The van der Waals surface area contributed by atoms with E-state index in [0.29, 0.717) is 129 Å². The molecule has 6 aliphatic rings. The van der Waals surface area contributed by atoms with Crippen molar-refractivity contribution in [2.45, 2.75) is 172 Å². The van der Waals surface area contributed by atoms with Crippen LogP contribution in [-0.4, -0.2) is 196 Å². The molecule has 6 fully saturated rings. The van der Waals surface area contributed by atoms with Gasteiger partial charge in [-0.1, -0.05) is 24.3 Å². The van der Waals surface area contributed by atoms with E-state index < -0.39 is 30.1 Å². The summed E-state index contributed by atoms with van der Waals surface area (Å²) in [4.78, 5) is 27.6. The predicted molar refractivity (Wildman–Crippen MR) is 385 cm³/mol. The number of nitrogens with one attached hydrogen (secondary N) is 6. The molecule has 14 rings (SSSR count). The van der Waals surface area contributed by atoms with E-state index in [1.807, 2.05) is 13.2 Å². The minimum atomic E-state index is -3.90. The second-order valence-corrected chi connectivity index (χ2v) is 33.3. The van der Waals surface area contributed by atoms with E-state index in [1.165, 1.54) is 48.6 Å². The molecule has 0 radical (unpaired) electrons. The summed E-state index contributed by atoms with van der Waals surface area (Å²) in [5, 5.41) is 73.2. The molecule has 0 unspecified atom stereocenters. The molecule has 3 saturated heterocycles. The molecule has 8 aromatic rings.